The second kappa shape index (κ2) is 5.26. The Labute approximate surface area is 110 Å². The van der Waals surface area contributed by atoms with Crippen molar-refractivity contribution in [2.75, 3.05) is 7.11 Å². The van der Waals surface area contributed by atoms with E-state index < -0.39 is 0 Å². The Morgan fingerprint density at radius 2 is 2.00 bits per heavy atom. The standard InChI is InChI=1S/C13H14N4O2/c1-8-16-12(14)11(13(18)17-8)15-7-9-3-5-10(19-2)6-4-9/h3-7,16H,1,14H2,2H3,(H,17,18). The Kier molecular flexibility index (Phi) is 3.51. The molecule has 19 heavy (non-hydrogen) atoms. The first kappa shape index (κ1) is 12.7. The highest BCUT2D eigenvalue weighted by Crippen LogP contribution is 2.11. The Hall–Kier alpha value is -2.76. The fraction of sp³-hybridized carbons (Fsp3) is 0.0769. The number of nitrogens with one attached hydrogen (secondary N) is 2. The van der Waals surface area contributed by atoms with E-state index in [1.165, 1.54) is 0 Å². The highest BCUT2D eigenvalue weighted by Gasteiger charge is 2.19. The summed E-state index contributed by atoms with van der Waals surface area (Å²) in [6.07, 6.45) is 1.55. The highest BCUT2D eigenvalue weighted by molar-refractivity contribution is 5.98. The van der Waals surface area contributed by atoms with Crippen LogP contribution in [-0.2, 0) is 4.79 Å². The molecule has 1 aliphatic heterocycles. The van der Waals surface area contributed by atoms with Gasteiger partial charge < -0.3 is 21.1 Å². The molecule has 98 valence electrons. The fourth-order valence-corrected chi connectivity index (χ4v) is 1.53. The van der Waals surface area contributed by atoms with Gasteiger partial charge in [0.05, 0.1) is 7.11 Å². The number of ether oxygens (including phenoxy) is 1. The molecule has 2 rings (SSSR count). The predicted octanol–water partition coefficient (Wildman–Crippen LogP) is 0.432. The van der Waals surface area contributed by atoms with Gasteiger partial charge in [-0.15, -0.1) is 0 Å². The van der Waals surface area contributed by atoms with Crippen LogP contribution < -0.4 is 21.1 Å². The van der Waals surface area contributed by atoms with Crippen molar-refractivity contribution in [2.45, 2.75) is 0 Å². The molecule has 0 aromatic heterocycles. The zero-order valence-electron chi connectivity index (χ0n) is 10.4. The van der Waals surface area contributed by atoms with E-state index >= 15 is 0 Å². The van der Waals surface area contributed by atoms with Crippen molar-refractivity contribution in [3.05, 3.63) is 53.7 Å². The number of aliphatic imine (C=N–C) groups is 1. The monoisotopic (exact) mass is 258 g/mol. The van der Waals surface area contributed by atoms with Crippen LogP contribution in [0.15, 0.2) is 53.2 Å². The van der Waals surface area contributed by atoms with Crippen LogP contribution in [-0.4, -0.2) is 19.2 Å². The molecule has 1 amide bonds. The summed E-state index contributed by atoms with van der Waals surface area (Å²) in [4.78, 5) is 15.7. The van der Waals surface area contributed by atoms with Gasteiger partial charge in [-0.2, -0.15) is 0 Å². The maximum Gasteiger partial charge on any atom is 0.279 e. The fourth-order valence-electron chi connectivity index (χ4n) is 1.53. The van der Waals surface area contributed by atoms with Crippen LogP contribution >= 0.6 is 0 Å². The van der Waals surface area contributed by atoms with Gasteiger partial charge in [0.15, 0.2) is 5.70 Å². The van der Waals surface area contributed by atoms with Gasteiger partial charge in [-0.25, -0.2) is 4.99 Å². The molecule has 1 aromatic rings. The van der Waals surface area contributed by atoms with Gasteiger partial charge in [0, 0.05) is 6.21 Å². The summed E-state index contributed by atoms with van der Waals surface area (Å²) in [5.74, 6) is 0.889. The Bertz CT molecular complexity index is 573. The summed E-state index contributed by atoms with van der Waals surface area (Å²) < 4.78 is 5.05. The molecular weight excluding hydrogens is 244 g/mol. The Balaban J connectivity index is 2.19. The summed E-state index contributed by atoms with van der Waals surface area (Å²) in [6, 6.07) is 7.26. The minimum Gasteiger partial charge on any atom is -0.497 e. The van der Waals surface area contributed by atoms with E-state index in [9.17, 15) is 4.79 Å². The molecule has 1 aromatic carbocycles. The van der Waals surface area contributed by atoms with E-state index in [1.807, 2.05) is 12.1 Å². The maximum absolute atomic E-state index is 11.7. The average molecular weight is 258 g/mol. The van der Waals surface area contributed by atoms with Gasteiger partial charge in [-0.3, -0.25) is 4.79 Å². The first-order chi connectivity index (χ1) is 9.10. The number of hydrogen-bond donors (Lipinski definition) is 3. The quantitative estimate of drug-likeness (QED) is 0.686. The summed E-state index contributed by atoms with van der Waals surface area (Å²) in [5, 5.41) is 5.21. The lowest BCUT2D eigenvalue weighted by Gasteiger charge is -2.18. The number of carbonyl (C=O) groups excluding carboxylic acids is 1. The third-order valence-corrected chi connectivity index (χ3v) is 2.48. The van der Waals surface area contributed by atoms with Crippen LogP contribution in [0.3, 0.4) is 0 Å². The number of nitrogens with zero attached hydrogens (tertiary/aromatic N) is 1. The molecule has 1 aliphatic rings. The molecule has 0 saturated heterocycles. The molecule has 4 N–H and O–H groups in total. The Morgan fingerprint density at radius 3 is 2.58 bits per heavy atom. The number of rotatable bonds is 3. The van der Waals surface area contributed by atoms with Gasteiger partial charge in [0.25, 0.3) is 5.91 Å². The van der Waals surface area contributed by atoms with Crippen molar-refractivity contribution in [1.82, 2.24) is 10.6 Å². The van der Waals surface area contributed by atoms with E-state index in [0.717, 1.165) is 11.3 Å². The minimum atomic E-state index is -0.383. The Morgan fingerprint density at radius 1 is 1.32 bits per heavy atom. The molecule has 0 unspecified atom stereocenters. The lowest BCUT2D eigenvalue weighted by atomic mass is 10.2. The molecular formula is C13H14N4O2. The van der Waals surface area contributed by atoms with Crippen LogP contribution in [0.2, 0.25) is 0 Å². The van der Waals surface area contributed by atoms with Gasteiger partial charge in [-0.05, 0) is 29.8 Å². The normalized spacial score (nSPS) is 15.4. The summed E-state index contributed by atoms with van der Waals surface area (Å²) in [6.45, 7) is 3.56. The molecule has 6 heteroatoms. The van der Waals surface area contributed by atoms with Crippen molar-refractivity contribution < 1.29 is 9.53 Å². The van der Waals surface area contributed by atoms with Crippen molar-refractivity contribution in [3.8, 4) is 5.75 Å². The predicted molar refractivity (Wildman–Crippen MR) is 72.2 cm³/mol. The smallest absolute Gasteiger partial charge is 0.279 e. The van der Waals surface area contributed by atoms with E-state index in [-0.39, 0.29) is 17.4 Å². The van der Waals surface area contributed by atoms with E-state index in [0.29, 0.717) is 5.82 Å². The topological polar surface area (TPSA) is 88.7 Å². The summed E-state index contributed by atoms with van der Waals surface area (Å²) >= 11 is 0. The summed E-state index contributed by atoms with van der Waals surface area (Å²) in [7, 11) is 1.60. The van der Waals surface area contributed by atoms with Crippen LogP contribution in [0.5, 0.6) is 5.75 Å². The molecule has 6 nitrogen and oxygen atoms in total. The number of hydrogen-bond acceptors (Lipinski definition) is 5. The second-order valence-corrected chi connectivity index (χ2v) is 3.85. The average Bonchev–Trinajstić information content (AvgIpc) is 2.38. The number of carbonyl (C=O) groups is 1. The zero-order chi connectivity index (χ0) is 13.8. The minimum absolute atomic E-state index is 0.128. The van der Waals surface area contributed by atoms with Crippen LogP contribution in [0.1, 0.15) is 5.56 Å². The van der Waals surface area contributed by atoms with Gasteiger partial charge >= 0.3 is 0 Å². The molecule has 0 bridgehead atoms. The van der Waals surface area contributed by atoms with Gasteiger partial charge in [-0.1, -0.05) is 6.58 Å². The molecule has 0 spiro atoms. The van der Waals surface area contributed by atoms with E-state index in [2.05, 4.69) is 22.2 Å². The van der Waals surface area contributed by atoms with Crippen molar-refractivity contribution >= 4 is 12.1 Å². The lowest BCUT2D eigenvalue weighted by molar-refractivity contribution is -0.117. The van der Waals surface area contributed by atoms with Crippen LogP contribution in [0, 0.1) is 0 Å². The molecule has 0 saturated carbocycles. The van der Waals surface area contributed by atoms with Crippen molar-refractivity contribution in [3.63, 3.8) is 0 Å². The molecule has 0 fully saturated rings. The first-order valence-corrected chi connectivity index (χ1v) is 5.55. The van der Waals surface area contributed by atoms with E-state index in [1.54, 1.807) is 25.5 Å². The molecule has 1 heterocycles. The third-order valence-electron chi connectivity index (χ3n) is 2.48. The molecule has 0 atom stereocenters. The number of benzene rings is 1. The lowest BCUT2D eigenvalue weighted by Crippen LogP contribution is -2.40. The zero-order valence-corrected chi connectivity index (χ0v) is 10.4. The first-order valence-electron chi connectivity index (χ1n) is 5.55. The molecule has 0 aliphatic carbocycles. The SMILES string of the molecule is C=C1NC(=O)C(N=Cc2ccc(OC)cc2)=C(N)N1. The maximum atomic E-state index is 11.7. The molecule has 0 radical (unpaired) electrons. The number of nitrogens with two attached hydrogens (primary N) is 1. The third kappa shape index (κ3) is 2.92. The van der Waals surface area contributed by atoms with Crippen molar-refractivity contribution in [1.29, 1.82) is 0 Å². The largest absolute Gasteiger partial charge is 0.497 e. The number of methoxy groups -OCH3 is 1. The second-order valence-electron chi connectivity index (χ2n) is 3.85. The van der Waals surface area contributed by atoms with E-state index in [4.69, 9.17) is 10.5 Å². The van der Waals surface area contributed by atoms with Gasteiger partial charge in [0.2, 0.25) is 0 Å². The van der Waals surface area contributed by atoms with Crippen molar-refractivity contribution in [2.24, 2.45) is 10.7 Å². The van der Waals surface area contributed by atoms with Gasteiger partial charge in [0.1, 0.15) is 17.4 Å². The van der Waals surface area contributed by atoms with Crippen LogP contribution in [0.4, 0.5) is 0 Å². The summed E-state index contributed by atoms with van der Waals surface area (Å²) in [5.41, 5.74) is 6.64. The highest BCUT2D eigenvalue weighted by atomic mass is 16.5. The number of amides is 1. The van der Waals surface area contributed by atoms with Crippen LogP contribution in [0.25, 0.3) is 0 Å².